The first-order chi connectivity index (χ1) is 14.8. The molecule has 0 amide bonds. The second-order valence-electron chi connectivity index (χ2n) is 12.5. The van der Waals surface area contributed by atoms with Gasteiger partial charge in [-0.3, -0.25) is 4.79 Å². The molecule has 4 aliphatic rings. The van der Waals surface area contributed by atoms with Gasteiger partial charge in [-0.05, 0) is 85.2 Å². The van der Waals surface area contributed by atoms with E-state index in [9.17, 15) is 20.1 Å². The molecule has 0 aliphatic heterocycles. The van der Waals surface area contributed by atoms with Gasteiger partial charge in [-0.25, -0.2) is 0 Å². The summed E-state index contributed by atoms with van der Waals surface area (Å²) in [4.78, 5) is 13.3. The van der Waals surface area contributed by atoms with E-state index in [1.165, 1.54) is 0 Å². The SMILES string of the molecule is CC(C)[C@@H](C)/C=C/[C@@H](C)C1CCC2C3=CC(=O)[C@@]4(O)C[C@@H](O)CC[C@]4(C)[C@@]3(O)CC[C@@]21C. The summed E-state index contributed by atoms with van der Waals surface area (Å²) in [5.74, 6) is 2.01. The topological polar surface area (TPSA) is 77.8 Å². The first kappa shape index (κ1) is 24.2. The van der Waals surface area contributed by atoms with Gasteiger partial charge in [-0.2, -0.15) is 0 Å². The Kier molecular flexibility index (Phi) is 5.88. The third-order valence-corrected chi connectivity index (χ3v) is 10.7. The lowest BCUT2D eigenvalue weighted by Crippen LogP contribution is -2.71. The lowest BCUT2D eigenvalue weighted by Gasteiger charge is -2.63. The molecule has 0 saturated heterocycles. The van der Waals surface area contributed by atoms with Crippen molar-refractivity contribution in [2.75, 3.05) is 0 Å². The van der Waals surface area contributed by atoms with Crippen LogP contribution in [0.3, 0.4) is 0 Å². The van der Waals surface area contributed by atoms with Gasteiger partial charge in [0, 0.05) is 11.8 Å². The van der Waals surface area contributed by atoms with Crippen LogP contribution >= 0.6 is 0 Å². The predicted octanol–water partition coefficient (Wildman–Crippen LogP) is 4.82. The fourth-order valence-corrected chi connectivity index (χ4v) is 7.91. The van der Waals surface area contributed by atoms with Crippen molar-refractivity contribution in [3.63, 3.8) is 0 Å². The zero-order chi connectivity index (χ0) is 23.7. The van der Waals surface area contributed by atoms with Gasteiger partial charge in [0.1, 0.15) is 5.60 Å². The monoisotopic (exact) mass is 444 g/mol. The number of aliphatic hydroxyl groups excluding tert-OH is 1. The van der Waals surface area contributed by atoms with Crippen LogP contribution < -0.4 is 0 Å². The average Bonchev–Trinajstić information content (AvgIpc) is 3.07. The van der Waals surface area contributed by atoms with E-state index in [1.807, 2.05) is 6.92 Å². The number of aliphatic hydroxyl groups is 3. The highest BCUT2D eigenvalue weighted by Gasteiger charge is 2.71. The predicted molar refractivity (Wildman–Crippen MR) is 127 cm³/mol. The minimum Gasteiger partial charge on any atom is -0.393 e. The van der Waals surface area contributed by atoms with E-state index >= 15 is 0 Å². The quantitative estimate of drug-likeness (QED) is 0.543. The van der Waals surface area contributed by atoms with Crippen LogP contribution in [0.1, 0.15) is 86.5 Å². The Morgan fingerprint density at radius 2 is 1.66 bits per heavy atom. The molecule has 0 aromatic carbocycles. The standard InChI is InChI=1S/C28H44O4/c1-17(2)18(3)7-8-19(4)21-9-10-22-23-15-24(30)28(32)16-20(29)11-12-26(28,6)27(23,31)14-13-25(21,22)5/h7-8,15,17-22,29,31-32H,9-14,16H2,1-6H3/b8-7+/t18-,19+,20-,21?,22?,25+,26+,27+,28-/m0/s1. The Labute approximate surface area is 194 Å². The van der Waals surface area contributed by atoms with Gasteiger partial charge < -0.3 is 15.3 Å². The van der Waals surface area contributed by atoms with Crippen LogP contribution in [0.5, 0.6) is 0 Å². The van der Waals surface area contributed by atoms with Gasteiger partial charge >= 0.3 is 0 Å². The summed E-state index contributed by atoms with van der Waals surface area (Å²) in [6.45, 7) is 13.4. The van der Waals surface area contributed by atoms with Crippen molar-refractivity contribution in [1.29, 1.82) is 0 Å². The minimum atomic E-state index is -1.68. The highest BCUT2D eigenvalue weighted by molar-refractivity contribution is 6.00. The van der Waals surface area contributed by atoms with Crippen LogP contribution in [0.2, 0.25) is 0 Å². The molecule has 2 unspecified atom stereocenters. The summed E-state index contributed by atoms with van der Waals surface area (Å²) in [5, 5.41) is 33.9. The molecular formula is C28H44O4. The van der Waals surface area contributed by atoms with Crippen LogP contribution in [-0.2, 0) is 4.79 Å². The molecule has 3 fully saturated rings. The van der Waals surface area contributed by atoms with Crippen molar-refractivity contribution in [3.8, 4) is 0 Å². The van der Waals surface area contributed by atoms with Crippen LogP contribution in [0.15, 0.2) is 23.8 Å². The van der Waals surface area contributed by atoms with Crippen molar-refractivity contribution in [2.45, 2.75) is 104 Å². The number of rotatable bonds is 4. The average molecular weight is 445 g/mol. The number of carbonyl (C=O) groups is 1. The highest BCUT2D eigenvalue weighted by atomic mass is 16.3. The summed E-state index contributed by atoms with van der Waals surface area (Å²) in [6.07, 6.45) is 10.2. The molecule has 0 radical (unpaired) electrons. The normalized spacial score (nSPS) is 48.2. The third kappa shape index (κ3) is 3.15. The largest absolute Gasteiger partial charge is 0.393 e. The maximum Gasteiger partial charge on any atom is 0.188 e. The Bertz CT molecular complexity index is 829. The Hall–Kier alpha value is -0.970. The molecule has 0 spiro atoms. The van der Waals surface area contributed by atoms with Gasteiger partial charge in [0.05, 0.1) is 11.7 Å². The molecule has 4 aliphatic carbocycles. The maximum absolute atomic E-state index is 13.3. The molecule has 0 aromatic rings. The van der Waals surface area contributed by atoms with Gasteiger partial charge in [0.25, 0.3) is 0 Å². The molecule has 4 heteroatoms. The second kappa shape index (κ2) is 7.78. The molecule has 4 rings (SSSR count). The summed E-state index contributed by atoms with van der Waals surface area (Å²) in [6, 6.07) is 0. The zero-order valence-corrected chi connectivity index (χ0v) is 20.9. The minimum absolute atomic E-state index is 0.0227. The molecule has 180 valence electrons. The zero-order valence-electron chi connectivity index (χ0n) is 20.9. The Morgan fingerprint density at radius 3 is 2.31 bits per heavy atom. The molecule has 3 saturated carbocycles. The molecule has 0 aromatic heterocycles. The van der Waals surface area contributed by atoms with Gasteiger partial charge in [-0.15, -0.1) is 0 Å². The fraction of sp³-hybridized carbons (Fsp3) is 0.821. The Balaban J connectivity index is 1.67. The maximum atomic E-state index is 13.3. The molecule has 9 atom stereocenters. The molecular weight excluding hydrogens is 400 g/mol. The van der Waals surface area contributed by atoms with E-state index in [-0.39, 0.29) is 23.5 Å². The first-order valence-electron chi connectivity index (χ1n) is 12.9. The van der Waals surface area contributed by atoms with Crippen molar-refractivity contribution in [3.05, 3.63) is 23.8 Å². The number of ketones is 1. The van der Waals surface area contributed by atoms with Crippen LogP contribution in [0.25, 0.3) is 0 Å². The van der Waals surface area contributed by atoms with Crippen molar-refractivity contribution >= 4 is 5.78 Å². The molecule has 4 nitrogen and oxygen atoms in total. The number of allylic oxidation sites excluding steroid dienone is 2. The molecule has 32 heavy (non-hydrogen) atoms. The summed E-state index contributed by atoms with van der Waals surface area (Å²) in [5.41, 5.74) is -2.90. The summed E-state index contributed by atoms with van der Waals surface area (Å²) in [7, 11) is 0. The van der Waals surface area contributed by atoms with E-state index in [1.54, 1.807) is 6.08 Å². The molecule has 3 N–H and O–H groups in total. The molecule has 0 heterocycles. The van der Waals surface area contributed by atoms with E-state index in [0.29, 0.717) is 42.9 Å². The van der Waals surface area contributed by atoms with Crippen LogP contribution in [-0.4, -0.2) is 38.4 Å². The van der Waals surface area contributed by atoms with Gasteiger partial charge in [-0.1, -0.05) is 53.7 Å². The Morgan fingerprint density at radius 1 is 0.969 bits per heavy atom. The van der Waals surface area contributed by atoms with E-state index < -0.39 is 22.7 Å². The third-order valence-electron chi connectivity index (χ3n) is 10.7. The number of carbonyl (C=O) groups excluding carboxylic acids is 1. The van der Waals surface area contributed by atoms with Gasteiger partial charge in [0.2, 0.25) is 0 Å². The van der Waals surface area contributed by atoms with Crippen LogP contribution in [0, 0.1) is 40.4 Å². The van der Waals surface area contributed by atoms with E-state index in [4.69, 9.17) is 0 Å². The lowest BCUT2D eigenvalue weighted by molar-refractivity contribution is -0.223. The fourth-order valence-electron chi connectivity index (χ4n) is 7.91. The van der Waals surface area contributed by atoms with Crippen molar-refractivity contribution in [2.24, 2.45) is 40.4 Å². The van der Waals surface area contributed by atoms with Crippen molar-refractivity contribution in [1.82, 2.24) is 0 Å². The highest BCUT2D eigenvalue weighted by Crippen LogP contribution is 2.68. The summed E-state index contributed by atoms with van der Waals surface area (Å²) < 4.78 is 0. The number of hydrogen-bond donors (Lipinski definition) is 3. The second-order valence-corrected chi connectivity index (χ2v) is 12.5. The summed E-state index contributed by atoms with van der Waals surface area (Å²) >= 11 is 0. The number of fused-ring (bicyclic) bond motifs is 5. The van der Waals surface area contributed by atoms with Gasteiger partial charge in [0.15, 0.2) is 5.78 Å². The van der Waals surface area contributed by atoms with E-state index in [0.717, 1.165) is 24.8 Å². The van der Waals surface area contributed by atoms with Crippen molar-refractivity contribution < 1.29 is 20.1 Å². The smallest absolute Gasteiger partial charge is 0.188 e. The molecule has 0 bridgehead atoms. The van der Waals surface area contributed by atoms with E-state index in [2.05, 4.69) is 46.8 Å². The number of hydrogen-bond acceptors (Lipinski definition) is 4. The lowest BCUT2D eigenvalue weighted by atomic mass is 9.43. The van der Waals surface area contributed by atoms with Crippen LogP contribution in [0.4, 0.5) is 0 Å². The first-order valence-corrected chi connectivity index (χ1v) is 12.9.